The van der Waals surface area contributed by atoms with Crippen LogP contribution in [0.3, 0.4) is 0 Å². The zero-order valence-electron chi connectivity index (χ0n) is 11.0. The Hall–Kier alpha value is -1.46. The second kappa shape index (κ2) is 6.98. The molecule has 0 amide bonds. The van der Waals surface area contributed by atoms with Gasteiger partial charge in [0.25, 0.3) is 0 Å². The standard InChI is InChI=1S/C15H21NO/c1-5-7-8-17-15-12(3)9-14(10-13(15)4)11-16-6-2/h1,9-10,16H,6-8,11H2,2-4H3. The highest BCUT2D eigenvalue weighted by molar-refractivity contribution is 5.43. The van der Waals surface area contributed by atoms with Gasteiger partial charge in [0.1, 0.15) is 5.75 Å². The Morgan fingerprint density at radius 2 is 1.94 bits per heavy atom. The molecule has 0 radical (unpaired) electrons. The van der Waals surface area contributed by atoms with E-state index in [2.05, 4.69) is 44.1 Å². The molecule has 17 heavy (non-hydrogen) atoms. The first kappa shape index (κ1) is 13.6. The number of rotatable bonds is 6. The van der Waals surface area contributed by atoms with E-state index < -0.39 is 0 Å². The molecule has 0 heterocycles. The van der Waals surface area contributed by atoms with E-state index in [1.807, 2.05) is 0 Å². The maximum Gasteiger partial charge on any atom is 0.125 e. The highest BCUT2D eigenvalue weighted by atomic mass is 16.5. The van der Waals surface area contributed by atoms with Crippen LogP contribution in [0.25, 0.3) is 0 Å². The van der Waals surface area contributed by atoms with E-state index in [-0.39, 0.29) is 0 Å². The first-order valence-corrected chi connectivity index (χ1v) is 6.06. The van der Waals surface area contributed by atoms with Crippen LogP contribution in [0.2, 0.25) is 0 Å². The van der Waals surface area contributed by atoms with Crippen LogP contribution in [0.5, 0.6) is 5.75 Å². The second-order valence-electron chi connectivity index (χ2n) is 4.14. The molecule has 2 nitrogen and oxygen atoms in total. The zero-order valence-corrected chi connectivity index (χ0v) is 11.0. The second-order valence-corrected chi connectivity index (χ2v) is 4.14. The van der Waals surface area contributed by atoms with Crippen LogP contribution in [0, 0.1) is 26.2 Å². The topological polar surface area (TPSA) is 21.3 Å². The fourth-order valence-corrected chi connectivity index (χ4v) is 1.85. The largest absolute Gasteiger partial charge is 0.492 e. The lowest BCUT2D eigenvalue weighted by Crippen LogP contribution is -2.12. The molecule has 0 aliphatic heterocycles. The van der Waals surface area contributed by atoms with Gasteiger partial charge in [-0.05, 0) is 37.1 Å². The molecule has 0 saturated carbocycles. The molecule has 1 N–H and O–H groups in total. The summed E-state index contributed by atoms with van der Waals surface area (Å²) in [7, 11) is 0. The van der Waals surface area contributed by atoms with Gasteiger partial charge in [0.05, 0.1) is 6.61 Å². The minimum atomic E-state index is 0.588. The van der Waals surface area contributed by atoms with Crippen molar-refractivity contribution in [2.45, 2.75) is 33.7 Å². The van der Waals surface area contributed by atoms with Gasteiger partial charge in [-0.3, -0.25) is 0 Å². The number of ether oxygens (including phenoxy) is 1. The summed E-state index contributed by atoms with van der Waals surface area (Å²) in [4.78, 5) is 0. The Kier molecular flexibility index (Phi) is 5.59. The van der Waals surface area contributed by atoms with E-state index in [0.717, 1.165) is 18.8 Å². The molecule has 1 rings (SSSR count). The molecule has 2 heteroatoms. The van der Waals surface area contributed by atoms with Gasteiger partial charge in [-0.1, -0.05) is 19.1 Å². The van der Waals surface area contributed by atoms with Gasteiger partial charge >= 0.3 is 0 Å². The summed E-state index contributed by atoms with van der Waals surface area (Å²) < 4.78 is 5.70. The van der Waals surface area contributed by atoms with E-state index in [0.29, 0.717) is 13.0 Å². The van der Waals surface area contributed by atoms with E-state index in [1.54, 1.807) is 0 Å². The highest BCUT2D eigenvalue weighted by Crippen LogP contribution is 2.24. The molecule has 92 valence electrons. The third-order valence-electron chi connectivity index (χ3n) is 2.59. The SMILES string of the molecule is C#CCCOc1c(C)cc(CNCC)cc1C. The molecule has 0 saturated heterocycles. The van der Waals surface area contributed by atoms with Crippen LogP contribution in [-0.2, 0) is 6.54 Å². The minimum absolute atomic E-state index is 0.588. The number of hydrogen-bond acceptors (Lipinski definition) is 2. The van der Waals surface area contributed by atoms with Crippen LogP contribution < -0.4 is 10.1 Å². The molecule has 0 aliphatic carbocycles. The van der Waals surface area contributed by atoms with Crippen molar-refractivity contribution in [3.05, 3.63) is 28.8 Å². The van der Waals surface area contributed by atoms with Gasteiger partial charge in [0.15, 0.2) is 0 Å². The summed E-state index contributed by atoms with van der Waals surface area (Å²) >= 11 is 0. The van der Waals surface area contributed by atoms with Gasteiger partial charge < -0.3 is 10.1 Å². The lowest BCUT2D eigenvalue weighted by molar-refractivity contribution is 0.322. The van der Waals surface area contributed by atoms with Crippen LogP contribution in [-0.4, -0.2) is 13.2 Å². The highest BCUT2D eigenvalue weighted by Gasteiger charge is 2.06. The third-order valence-corrected chi connectivity index (χ3v) is 2.59. The molecule has 0 spiro atoms. The summed E-state index contributed by atoms with van der Waals surface area (Å²) in [6, 6.07) is 4.34. The Bertz CT molecular complexity index is 381. The van der Waals surface area contributed by atoms with Crippen molar-refractivity contribution in [2.24, 2.45) is 0 Å². The normalized spacial score (nSPS) is 10.0. The van der Waals surface area contributed by atoms with Crippen LogP contribution in [0.1, 0.15) is 30.0 Å². The fourth-order valence-electron chi connectivity index (χ4n) is 1.85. The lowest BCUT2D eigenvalue weighted by atomic mass is 10.1. The molecule has 0 atom stereocenters. The van der Waals surface area contributed by atoms with Crippen molar-refractivity contribution in [3.8, 4) is 18.1 Å². The monoisotopic (exact) mass is 231 g/mol. The molecule has 0 fully saturated rings. The summed E-state index contributed by atoms with van der Waals surface area (Å²) in [6.45, 7) is 8.74. The van der Waals surface area contributed by atoms with E-state index >= 15 is 0 Å². The summed E-state index contributed by atoms with van der Waals surface area (Å²) in [5, 5.41) is 3.32. The molecule has 0 unspecified atom stereocenters. The zero-order chi connectivity index (χ0) is 12.7. The van der Waals surface area contributed by atoms with Gasteiger partial charge in [-0.25, -0.2) is 0 Å². The number of nitrogens with one attached hydrogen (secondary N) is 1. The van der Waals surface area contributed by atoms with Gasteiger partial charge in [-0.2, -0.15) is 0 Å². The van der Waals surface area contributed by atoms with E-state index in [1.165, 1.54) is 16.7 Å². The van der Waals surface area contributed by atoms with Gasteiger partial charge in [-0.15, -0.1) is 12.3 Å². The minimum Gasteiger partial charge on any atom is -0.492 e. The number of aryl methyl sites for hydroxylation is 2. The summed E-state index contributed by atoms with van der Waals surface area (Å²) in [5.41, 5.74) is 3.65. The first-order valence-electron chi connectivity index (χ1n) is 6.06. The van der Waals surface area contributed by atoms with E-state index in [9.17, 15) is 0 Å². The first-order chi connectivity index (χ1) is 8.19. The van der Waals surface area contributed by atoms with Crippen molar-refractivity contribution in [3.63, 3.8) is 0 Å². The predicted octanol–water partition coefficient (Wildman–Crippen LogP) is 2.82. The molecule has 0 bridgehead atoms. The van der Waals surface area contributed by atoms with Gasteiger partial charge in [0, 0.05) is 13.0 Å². The lowest BCUT2D eigenvalue weighted by Gasteiger charge is -2.13. The number of hydrogen-bond donors (Lipinski definition) is 1. The molecule has 1 aromatic carbocycles. The molecule has 0 aliphatic rings. The van der Waals surface area contributed by atoms with Crippen molar-refractivity contribution < 1.29 is 4.74 Å². The maximum absolute atomic E-state index is 5.70. The van der Waals surface area contributed by atoms with Crippen LogP contribution in [0.4, 0.5) is 0 Å². The van der Waals surface area contributed by atoms with Crippen molar-refractivity contribution in [1.82, 2.24) is 5.32 Å². The molecular weight excluding hydrogens is 210 g/mol. The van der Waals surface area contributed by atoms with E-state index in [4.69, 9.17) is 11.2 Å². The smallest absolute Gasteiger partial charge is 0.125 e. The molecular formula is C15H21NO. The van der Waals surface area contributed by atoms with Crippen molar-refractivity contribution in [2.75, 3.05) is 13.2 Å². The van der Waals surface area contributed by atoms with Crippen LogP contribution >= 0.6 is 0 Å². The summed E-state index contributed by atoms with van der Waals surface area (Å²) in [5.74, 6) is 3.55. The summed E-state index contributed by atoms with van der Waals surface area (Å²) in [6.07, 6.45) is 5.86. The van der Waals surface area contributed by atoms with Crippen LogP contribution in [0.15, 0.2) is 12.1 Å². The third kappa shape index (κ3) is 4.13. The Balaban J connectivity index is 2.76. The number of terminal acetylenes is 1. The average Bonchev–Trinajstić information content (AvgIpc) is 2.30. The molecule has 1 aromatic rings. The maximum atomic E-state index is 5.70. The predicted molar refractivity (Wildman–Crippen MR) is 72.2 cm³/mol. The van der Waals surface area contributed by atoms with Crippen molar-refractivity contribution in [1.29, 1.82) is 0 Å². The van der Waals surface area contributed by atoms with Crippen molar-refractivity contribution >= 4 is 0 Å². The molecule has 0 aromatic heterocycles. The Labute approximate surface area is 104 Å². The number of benzene rings is 1. The fraction of sp³-hybridized carbons (Fsp3) is 0.467. The Morgan fingerprint density at radius 3 is 2.47 bits per heavy atom. The Morgan fingerprint density at radius 1 is 1.29 bits per heavy atom. The quantitative estimate of drug-likeness (QED) is 0.600. The van der Waals surface area contributed by atoms with Gasteiger partial charge in [0.2, 0.25) is 0 Å². The average molecular weight is 231 g/mol.